The first kappa shape index (κ1) is 16.2. The summed E-state index contributed by atoms with van der Waals surface area (Å²) in [4.78, 5) is 0. The Kier molecular flexibility index (Phi) is 9.04. The van der Waals surface area contributed by atoms with Gasteiger partial charge >= 0.3 is 0 Å². The summed E-state index contributed by atoms with van der Waals surface area (Å²) >= 11 is 7.21. The zero-order valence-corrected chi connectivity index (χ0v) is 14.5. The molecule has 0 amide bonds. The summed E-state index contributed by atoms with van der Waals surface area (Å²) < 4.78 is 1.19. The number of hydrogen-bond acceptors (Lipinski definition) is 0. The molecule has 0 aromatic heterocycles. The predicted octanol–water partition coefficient (Wildman–Crippen LogP) is 6.68. The highest BCUT2D eigenvalue weighted by Gasteiger charge is 2.09. The zero-order valence-electron chi connectivity index (χ0n) is 11.3. The standard InChI is InChI=1S/C16H24Br2/c1-2-3-4-5-6-7-9-15(13-17)14-10-8-11-16(18)12-14/h8,10-12,15H,2-7,9,13H2,1H3. The van der Waals surface area contributed by atoms with Gasteiger partial charge in [0.25, 0.3) is 0 Å². The molecule has 0 spiro atoms. The third-order valence-corrected chi connectivity index (χ3v) is 4.69. The van der Waals surface area contributed by atoms with Gasteiger partial charge in [-0.2, -0.15) is 0 Å². The summed E-state index contributed by atoms with van der Waals surface area (Å²) in [5.74, 6) is 0.661. The minimum Gasteiger partial charge on any atom is -0.0921 e. The van der Waals surface area contributed by atoms with Gasteiger partial charge in [0.2, 0.25) is 0 Å². The first-order valence-corrected chi connectivity index (χ1v) is 9.00. The molecular formula is C16H24Br2. The van der Waals surface area contributed by atoms with Crippen LogP contribution in [0.2, 0.25) is 0 Å². The Labute approximate surface area is 129 Å². The number of unbranched alkanes of at least 4 members (excludes halogenated alkanes) is 5. The molecule has 0 nitrogen and oxygen atoms in total. The Hall–Kier alpha value is 0.180. The molecule has 0 saturated carbocycles. The molecule has 18 heavy (non-hydrogen) atoms. The van der Waals surface area contributed by atoms with Gasteiger partial charge in [-0.25, -0.2) is 0 Å². The smallest absolute Gasteiger partial charge is 0.0178 e. The molecule has 1 atom stereocenters. The van der Waals surface area contributed by atoms with Crippen LogP contribution in [0.3, 0.4) is 0 Å². The van der Waals surface area contributed by atoms with Crippen molar-refractivity contribution >= 4 is 31.9 Å². The van der Waals surface area contributed by atoms with Gasteiger partial charge < -0.3 is 0 Å². The molecule has 0 aliphatic heterocycles. The zero-order chi connectivity index (χ0) is 13.2. The average molecular weight is 376 g/mol. The fourth-order valence-corrected chi connectivity index (χ4v) is 3.38. The number of rotatable bonds is 9. The highest BCUT2D eigenvalue weighted by molar-refractivity contribution is 9.10. The molecule has 0 aliphatic carbocycles. The van der Waals surface area contributed by atoms with Crippen LogP contribution in [-0.2, 0) is 0 Å². The monoisotopic (exact) mass is 374 g/mol. The van der Waals surface area contributed by atoms with Gasteiger partial charge in [0.05, 0.1) is 0 Å². The van der Waals surface area contributed by atoms with E-state index in [1.165, 1.54) is 55.0 Å². The van der Waals surface area contributed by atoms with E-state index in [2.05, 4.69) is 63.0 Å². The van der Waals surface area contributed by atoms with Crippen molar-refractivity contribution in [1.29, 1.82) is 0 Å². The highest BCUT2D eigenvalue weighted by Crippen LogP contribution is 2.26. The van der Waals surface area contributed by atoms with Crippen LogP contribution in [0.15, 0.2) is 28.7 Å². The third kappa shape index (κ3) is 6.38. The molecule has 1 aromatic rings. The molecule has 2 heteroatoms. The van der Waals surface area contributed by atoms with Crippen molar-refractivity contribution in [1.82, 2.24) is 0 Å². The van der Waals surface area contributed by atoms with Crippen LogP contribution in [0.25, 0.3) is 0 Å². The van der Waals surface area contributed by atoms with Gasteiger partial charge in [-0.3, -0.25) is 0 Å². The predicted molar refractivity (Wildman–Crippen MR) is 88.7 cm³/mol. The van der Waals surface area contributed by atoms with Gasteiger partial charge in [-0.15, -0.1) is 0 Å². The van der Waals surface area contributed by atoms with Crippen molar-refractivity contribution < 1.29 is 0 Å². The maximum atomic E-state index is 3.66. The fraction of sp³-hybridized carbons (Fsp3) is 0.625. The summed E-state index contributed by atoms with van der Waals surface area (Å²) in [5.41, 5.74) is 1.45. The Morgan fingerprint density at radius 3 is 2.44 bits per heavy atom. The van der Waals surface area contributed by atoms with Crippen molar-refractivity contribution in [2.24, 2.45) is 0 Å². The van der Waals surface area contributed by atoms with Crippen molar-refractivity contribution in [2.75, 3.05) is 5.33 Å². The average Bonchev–Trinajstić information content (AvgIpc) is 2.38. The van der Waals surface area contributed by atoms with Crippen molar-refractivity contribution in [3.63, 3.8) is 0 Å². The Morgan fingerprint density at radius 2 is 1.78 bits per heavy atom. The molecule has 0 fully saturated rings. The highest BCUT2D eigenvalue weighted by atomic mass is 79.9. The molecule has 0 aliphatic rings. The third-order valence-electron chi connectivity index (χ3n) is 3.41. The van der Waals surface area contributed by atoms with Crippen molar-refractivity contribution in [2.45, 2.75) is 57.8 Å². The minimum atomic E-state index is 0.661. The van der Waals surface area contributed by atoms with Crippen LogP contribution in [0.5, 0.6) is 0 Å². The Bertz CT molecular complexity index is 323. The lowest BCUT2D eigenvalue weighted by atomic mass is 9.95. The molecule has 1 aromatic carbocycles. The number of hydrogen-bond donors (Lipinski definition) is 0. The molecule has 0 heterocycles. The fourth-order valence-electron chi connectivity index (χ4n) is 2.26. The summed E-state index contributed by atoms with van der Waals surface area (Å²) in [5, 5.41) is 1.07. The minimum absolute atomic E-state index is 0.661. The van der Waals surface area contributed by atoms with Crippen LogP contribution in [-0.4, -0.2) is 5.33 Å². The van der Waals surface area contributed by atoms with E-state index in [4.69, 9.17) is 0 Å². The Morgan fingerprint density at radius 1 is 1.06 bits per heavy atom. The van der Waals surface area contributed by atoms with Crippen LogP contribution < -0.4 is 0 Å². The molecule has 0 radical (unpaired) electrons. The summed E-state index contributed by atoms with van der Waals surface area (Å²) in [6.07, 6.45) is 9.58. The largest absolute Gasteiger partial charge is 0.0921 e. The lowest BCUT2D eigenvalue weighted by Gasteiger charge is -2.14. The molecule has 102 valence electrons. The second-order valence-corrected chi connectivity index (χ2v) is 6.53. The van der Waals surface area contributed by atoms with Gasteiger partial charge in [0.15, 0.2) is 0 Å². The van der Waals surface area contributed by atoms with E-state index in [0.717, 1.165) is 5.33 Å². The topological polar surface area (TPSA) is 0 Å². The first-order chi connectivity index (χ1) is 8.77. The van der Waals surface area contributed by atoms with Crippen LogP contribution in [0, 0.1) is 0 Å². The lowest BCUT2D eigenvalue weighted by Crippen LogP contribution is -2.00. The van der Waals surface area contributed by atoms with Gasteiger partial charge in [0.1, 0.15) is 0 Å². The van der Waals surface area contributed by atoms with Gasteiger partial charge in [0, 0.05) is 9.80 Å². The van der Waals surface area contributed by atoms with Crippen LogP contribution >= 0.6 is 31.9 Å². The van der Waals surface area contributed by atoms with Crippen molar-refractivity contribution in [3.05, 3.63) is 34.3 Å². The van der Waals surface area contributed by atoms with Gasteiger partial charge in [-0.05, 0) is 30.0 Å². The Balaban J connectivity index is 2.29. The summed E-state index contributed by atoms with van der Waals surface area (Å²) in [6, 6.07) is 8.73. The first-order valence-electron chi connectivity index (χ1n) is 7.09. The SMILES string of the molecule is CCCCCCCCC(CBr)c1cccc(Br)c1. The molecule has 1 rings (SSSR count). The second-order valence-electron chi connectivity index (χ2n) is 4.96. The molecule has 0 bridgehead atoms. The van der Waals surface area contributed by atoms with Crippen LogP contribution in [0.4, 0.5) is 0 Å². The lowest BCUT2D eigenvalue weighted by molar-refractivity contribution is 0.561. The number of alkyl halides is 1. The van der Waals surface area contributed by atoms with E-state index < -0.39 is 0 Å². The van der Waals surface area contributed by atoms with E-state index in [9.17, 15) is 0 Å². The maximum absolute atomic E-state index is 3.66. The van der Waals surface area contributed by atoms with Crippen LogP contribution in [0.1, 0.15) is 63.4 Å². The summed E-state index contributed by atoms with van der Waals surface area (Å²) in [6.45, 7) is 2.27. The van der Waals surface area contributed by atoms with E-state index in [1.54, 1.807) is 0 Å². The molecule has 1 unspecified atom stereocenters. The van der Waals surface area contributed by atoms with E-state index in [1.807, 2.05) is 0 Å². The molecule has 0 N–H and O–H groups in total. The molecule has 0 saturated heterocycles. The quantitative estimate of drug-likeness (QED) is 0.333. The van der Waals surface area contributed by atoms with Crippen molar-refractivity contribution in [3.8, 4) is 0 Å². The van der Waals surface area contributed by atoms with Gasteiger partial charge in [-0.1, -0.05) is 89.4 Å². The van der Waals surface area contributed by atoms with E-state index in [0.29, 0.717) is 5.92 Å². The maximum Gasteiger partial charge on any atom is 0.0178 e. The number of halogens is 2. The molecular weight excluding hydrogens is 352 g/mol. The summed E-state index contributed by atoms with van der Waals surface area (Å²) in [7, 11) is 0. The normalized spacial score (nSPS) is 12.6. The van der Waals surface area contributed by atoms with E-state index in [-0.39, 0.29) is 0 Å². The number of benzene rings is 1. The second kappa shape index (κ2) is 10.0. The van der Waals surface area contributed by atoms with E-state index >= 15 is 0 Å².